The van der Waals surface area contributed by atoms with Gasteiger partial charge in [0.1, 0.15) is 6.54 Å². The van der Waals surface area contributed by atoms with Crippen molar-refractivity contribution in [2.75, 3.05) is 37.6 Å². The van der Waals surface area contributed by atoms with E-state index in [1.807, 2.05) is 61.6 Å². The summed E-state index contributed by atoms with van der Waals surface area (Å²) in [6.07, 6.45) is 0. The smallest absolute Gasteiger partial charge is 0.219 e. The van der Waals surface area contributed by atoms with Crippen molar-refractivity contribution >= 4 is 28.2 Å². The van der Waals surface area contributed by atoms with Crippen LogP contribution in [0.1, 0.15) is 27.6 Å². The van der Waals surface area contributed by atoms with Crippen LogP contribution in [0.15, 0.2) is 78.9 Å². The van der Waals surface area contributed by atoms with E-state index in [9.17, 15) is 9.59 Å². The van der Waals surface area contributed by atoms with Crippen molar-refractivity contribution in [3.8, 4) is 11.3 Å². The molecule has 34 heavy (non-hydrogen) atoms. The summed E-state index contributed by atoms with van der Waals surface area (Å²) in [5, 5.41) is 1.03. The highest BCUT2D eigenvalue weighted by Gasteiger charge is 2.27. The molecule has 2 heterocycles. The predicted molar refractivity (Wildman–Crippen MR) is 137 cm³/mol. The molecule has 3 aromatic carbocycles. The number of aryl methyl sites for hydroxylation is 1. The molecular weight excluding hydrogens is 422 g/mol. The molecule has 0 atom stereocenters. The number of carbonyl (C=O) groups is 2. The molecule has 5 rings (SSSR count). The number of ketones is 2. The van der Waals surface area contributed by atoms with Gasteiger partial charge in [-0.3, -0.25) is 9.59 Å². The van der Waals surface area contributed by atoms with Crippen LogP contribution in [-0.4, -0.2) is 48.9 Å². The number of quaternary nitrogens is 1. The molecule has 0 saturated carbocycles. The third-order valence-corrected chi connectivity index (χ3v) is 6.95. The highest BCUT2D eigenvalue weighted by molar-refractivity contribution is 6.14. The van der Waals surface area contributed by atoms with E-state index in [-0.39, 0.29) is 11.6 Å². The maximum atomic E-state index is 13.7. The van der Waals surface area contributed by atoms with Crippen molar-refractivity contribution in [2.24, 2.45) is 7.05 Å². The molecule has 0 amide bonds. The van der Waals surface area contributed by atoms with Gasteiger partial charge in [0.25, 0.3) is 0 Å². The second-order valence-electron chi connectivity index (χ2n) is 9.11. The number of rotatable bonds is 6. The van der Waals surface area contributed by atoms with Gasteiger partial charge in [0.15, 0.2) is 5.78 Å². The van der Waals surface area contributed by atoms with Crippen LogP contribution in [-0.2, 0) is 7.05 Å². The van der Waals surface area contributed by atoms with E-state index >= 15 is 0 Å². The highest BCUT2D eigenvalue weighted by Crippen LogP contribution is 2.33. The number of para-hydroxylation sites is 1. The molecule has 4 aromatic rings. The molecule has 0 aliphatic carbocycles. The van der Waals surface area contributed by atoms with Crippen LogP contribution < -0.4 is 9.80 Å². The third-order valence-electron chi connectivity index (χ3n) is 6.95. The second-order valence-corrected chi connectivity index (χ2v) is 9.11. The maximum Gasteiger partial charge on any atom is 0.219 e. The van der Waals surface area contributed by atoms with Gasteiger partial charge in [-0.2, -0.15) is 0 Å². The Hall–Kier alpha value is -3.70. The number of hydrogen-bond donors (Lipinski definition) is 1. The molecule has 172 valence electrons. The van der Waals surface area contributed by atoms with E-state index in [1.165, 1.54) is 4.90 Å². The van der Waals surface area contributed by atoms with Crippen LogP contribution in [0.2, 0.25) is 0 Å². The number of benzene rings is 3. The number of fused-ring (bicyclic) bond motifs is 1. The fraction of sp³-hybridized carbons (Fsp3) is 0.241. The van der Waals surface area contributed by atoms with Crippen LogP contribution in [0.25, 0.3) is 22.2 Å². The predicted octanol–water partition coefficient (Wildman–Crippen LogP) is 3.64. The molecule has 5 nitrogen and oxygen atoms in total. The van der Waals surface area contributed by atoms with Crippen molar-refractivity contribution in [2.45, 2.75) is 6.92 Å². The molecular formula is C29H30N3O2+. The van der Waals surface area contributed by atoms with E-state index in [2.05, 4.69) is 33.7 Å². The first-order valence-electron chi connectivity index (χ1n) is 11.9. The van der Waals surface area contributed by atoms with Gasteiger partial charge in [-0.25, -0.2) is 0 Å². The van der Waals surface area contributed by atoms with Crippen LogP contribution in [0.4, 0.5) is 5.69 Å². The summed E-state index contributed by atoms with van der Waals surface area (Å²) in [7, 11) is 2.05. The Balaban J connectivity index is 1.35. The van der Waals surface area contributed by atoms with Gasteiger partial charge in [-0.1, -0.05) is 48.5 Å². The molecule has 1 saturated heterocycles. The Labute approximate surface area is 200 Å². The second kappa shape index (κ2) is 9.27. The van der Waals surface area contributed by atoms with E-state index in [4.69, 9.17) is 0 Å². The minimum absolute atomic E-state index is 0.0858. The van der Waals surface area contributed by atoms with Crippen LogP contribution in [0.3, 0.4) is 0 Å². The van der Waals surface area contributed by atoms with Gasteiger partial charge in [-0.15, -0.1) is 0 Å². The van der Waals surface area contributed by atoms with Gasteiger partial charge >= 0.3 is 0 Å². The fourth-order valence-electron chi connectivity index (χ4n) is 5.09. The Bertz CT molecular complexity index is 1330. The third kappa shape index (κ3) is 4.15. The normalized spacial score (nSPS) is 14.5. The molecule has 1 aliphatic rings. The molecule has 0 bridgehead atoms. The molecule has 1 fully saturated rings. The number of hydrogen-bond acceptors (Lipinski definition) is 3. The number of Topliss-reactive ketones (excluding diaryl/α,β-unsaturated/α-hetero) is 2. The van der Waals surface area contributed by atoms with Crippen molar-refractivity contribution in [1.82, 2.24) is 4.57 Å². The van der Waals surface area contributed by atoms with Gasteiger partial charge in [0.2, 0.25) is 5.78 Å². The summed E-state index contributed by atoms with van der Waals surface area (Å²) >= 11 is 0. The first-order chi connectivity index (χ1) is 16.5. The number of anilines is 1. The monoisotopic (exact) mass is 452 g/mol. The number of aromatic nitrogens is 1. The highest BCUT2D eigenvalue weighted by atomic mass is 16.1. The summed E-state index contributed by atoms with van der Waals surface area (Å²) < 4.78 is 2.15. The van der Waals surface area contributed by atoms with Crippen molar-refractivity contribution < 1.29 is 14.5 Å². The van der Waals surface area contributed by atoms with Crippen LogP contribution >= 0.6 is 0 Å². The molecule has 0 unspecified atom stereocenters. The molecule has 1 N–H and O–H groups in total. The molecule has 0 radical (unpaired) electrons. The van der Waals surface area contributed by atoms with Gasteiger partial charge in [-0.05, 0) is 42.8 Å². The van der Waals surface area contributed by atoms with Gasteiger partial charge < -0.3 is 14.4 Å². The minimum Gasteiger partial charge on any atom is -0.360 e. The zero-order valence-electron chi connectivity index (χ0n) is 19.8. The Kier molecular flexibility index (Phi) is 6.03. The minimum atomic E-state index is 0.0858. The lowest BCUT2D eigenvalue weighted by molar-refractivity contribution is -0.892. The zero-order valence-corrected chi connectivity index (χ0v) is 19.8. The van der Waals surface area contributed by atoms with Crippen molar-refractivity contribution in [1.29, 1.82) is 0 Å². The maximum absolute atomic E-state index is 13.7. The lowest BCUT2D eigenvalue weighted by atomic mass is 10.0. The Morgan fingerprint density at radius 3 is 2.18 bits per heavy atom. The quantitative estimate of drug-likeness (QED) is 0.455. The molecule has 1 aliphatic heterocycles. The standard InChI is InChI=1S/C29H29N3O2/c1-21(33)22-12-14-24(15-13-22)32-18-16-31(17-19-32)20-27(34)28-25-10-6-7-11-26(25)30(2)29(28)23-8-4-3-5-9-23/h3-15H,16-20H2,1-2H3/p+1. The lowest BCUT2D eigenvalue weighted by Gasteiger charge is -2.33. The average Bonchev–Trinajstić information content (AvgIpc) is 3.17. The number of nitrogens with one attached hydrogen (secondary N) is 1. The van der Waals surface area contributed by atoms with E-state index in [0.29, 0.717) is 6.54 Å². The summed E-state index contributed by atoms with van der Waals surface area (Å²) in [4.78, 5) is 28.9. The summed E-state index contributed by atoms with van der Waals surface area (Å²) in [5.74, 6) is 0.285. The van der Waals surface area contributed by atoms with Crippen LogP contribution in [0.5, 0.6) is 0 Å². The van der Waals surface area contributed by atoms with E-state index < -0.39 is 0 Å². The molecule has 0 spiro atoms. The van der Waals surface area contributed by atoms with Crippen molar-refractivity contribution in [3.05, 3.63) is 90.0 Å². The zero-order chi connectivity index (χ0) is 23.7. The number of carbonyl (C=O) groups excluding carboxylic acids is 2. The van der Waals surface area contributed by atoms with E-state index in [0.717, 1.165) is 65.2 Å². The Morgan fingerprint density at radius 1 is 0.853 bits per heavy atom. The summed E-state index contributed by atoms with van der Waals surface area (Å²) in [5.41, 5.74) is 5.85. The molecule has 5 heteroatoms. The fourth-order valence-corrected chi connectivity index (χ4v) is 5.09. The Morgan fingerprint density at radius 2 is 1.50 bits per heavy atom. The largest absolute Gasteiger partial charge is 0.360 e. The SMILES string of the molecule is CC(=O)c1ccc(N2CC[NH+](CC(=O)c3c(-c4ccccc4)n(C)c4ccccc34)CC2)cc1. The van der Waals surface area contributed by atoms with Gasteiger partial charge in [0, 0.05) is 29.2 Å². The first-order valence-corrected chi connectivity index (χ1v) is 11.9. The average molecular weight is 453 g/mol. The topological polar surface area (TPSA) is 46.8 Å². The van der Waals surface area contributed by atoms with Crippen LogP contribution in [0, 0.1) is 0 Å². The lowest BCUT2D eigenvalue weighted by Crippen LogP contribution is -3.15. The first kappa shape index (κ1) is 22.1. The number of nitrogens with zero attached hydrogens (tertiary/aromatic N) is 2. The van der Waals surface area contributed by atoms with Gasteiger partial charge in [0.05, 0.1) is 37.4 Å². The molecule has 1 aromatic heterocycles. The summed E-state index contributed by atoms with van der Waals surface area (Å²) in [6.45, 7) is 5.68. The van der Waals surface area contributed by atoms with Crippen molar-refractivity contribution in [3.63, 3.8) is 0 Å². The summed E-state index contributed by atoms with van der Waals surface area (Å²) in [6, 6.07) is 26.2. The number of piperazine rings is 1. The van der Waals surface area contributed by atoms with E-state index in [1.54, 1.807) is 6.92 Å².